The molecule has 0 radical (unpaired) electrons. The van der Waals surface area contributed by atoms with E-state index in [1.807, 2.05) is 31.2 Å². The first-order valence-corrected chi connectivity index (χ1v) is 9.60. The first kappa shape index (κ1) is 19.4. The molecule has 0 atom stereocenters. The van der Waals surface area contributed by atoms with Gasteiger partial charge in [0.1, 0.15) is 5.52 Å². The van der Waals surface area contributed by atoms with E-state index >= 15 is 0 Å². The van der Waals surface area contributed by atoms with Crippen molar-refractivity contribution in [3.05, 3.63) is 83.4 Å². The molecule has 0 bridgehead atoms. The fourth-order valence-electron chi connectivity index (χ4n) is 3.10. The molecule has 0 aliphatic carbocycles. The van der Waals surface area contributed by atoms with E-state index in [4.69, 9.17) is 9.26 Å². The Labute approximate surface area is 173 Å². The third-order valence-corrected chi connectivity index (χ3v) is 4.71. The minimum Gasteiger partial charge on any atom is -0.462 e. The van der Waals surface area contributed by atoms with Gasteiger partial charge in [0.2, 0.25) is 0 Å². The molecule has 0 aliphatic rings. The quantitative estimate of drug-likeness (QED) is 0.464. The molecule has 4 rings (SSSR count). The van der Waals surface area contributed by atoms with E-state index in [-0.39, 0.29) is 5.91 Å². The van der Waals surface area contributed by atoms with E-state index in [9.17, 15) is 9.59 Å². The molecule has 0 aliphatic heterocycles. The maximum Gasteiger partial charge on any atom is 0.338 e. The lowest BCUT2D eigenvalue weighted by Gasteiger charge is -2.07. The van der Waals surface area contributed by atoms with Gasteiger partial charge in [-0.2, -0.15) is 0 Å². The van der Waals surface area contributed by atoms with E-state index < -0.39 is 5.97 Å². The average molecular weight is 400 g/mol. The van der Waals surface area contributed by atoms with Crippen LogP contribution in [0.4, 0.5) is 5.69 Å². The van der Waals surface area contributed by atoms with Gasteiger partial charge in [0, 0.05) is 16.8 Å². The highest BCUT2D eigenvalue weighted by molar-refractivity contribution is 6.07. The smallest absolute Gasteiger partial charge is 0.338 e. The first-order chi connectivity index (χ1) is 14.5. The number of nitrogens with one attached hydrogen (secondary N) is 1. The molecule has 30 heavy (non-hydrogen) atoms. The molecule has 150 valence electrons. The van der Waals surface area contributed by atoms with Crippen molar-refractivity contribution in [2.75, 3.05) is 11.9 Å². The van der Waals surface area contributed by atoms with Crippen molar-refractivity contribution < 1.29 is 18.8 Å². The summed E-state index contributed by atoms with van der Waals surface area (Å²) in [5.74, 6) is -0.0350. The molecule has 3 aromatic carbocycles. The van der Waals surface area contributed by atoms with Gasteiger partial charge in [-0.05, 0) is 56.3 Å². The third kappa shape index (κ3) is 3.93. The summed E-state index contributed by atoms with van der Waals surface area (Å²) < 4.78 is 10.5. The molecule has 1 N–H and O–H groups in total. The van der Waals surface area contributed by atoms with Gasteiger partial charge in [-0.25, -0.2) is 4.79 Å². The second-order valence-corrected chi connectivity index (χ2v) is 6.86. The van der Waals surface area contributed by atoms with Crippen LogP contribution in [0, 0.1) is 6.92 Å². The Morgan fingerprint density at radius 3 is 2.37 bits per heavy atom. The van der Waals surface area contributed by atoms with Crippen LogP contribution in [0.25, 0.3) is 22.2 Å². The monoisotopic (exact) mass is 400 g/mol. The Bertz CT molecular complexity index is 1210. The highest BCUT2D eigenvalue weighted by Crippen LogP contribution is 2.29. The van der Waals surface area contributed by atoms with Gasteiger partial charge in [0.05, 0.1) is 17.6 Å². The van der Waals surface area contributed by atoms with Crippen LogP contribution < -0.4 is 5.32 Å². The first-order valence-electron chi connectivity index (χ1n) is 9.60. The summed E-state index contributed by atoms with van der Waals surface area (Å²) in [6.45, 7) is 4.08. The molecule has 6 heteroatoms. The molecule has 0 fully saturated rings. The van der Waals surface area contributed by atoms with Crippen LogP contribution in [0.5, 0.6) is 0 Å². The summed E-state index contributed by atoms with van der Waals surface area (Å²) in [5.41, 5.74) is 4.22. The van der Waals surface area contributed by atoms with Crippen LogP contribution in [0.1, 0.15) is 33.2 Å². The number of ether oxygens (including phenoxy) is 1. The summed E-state index contributed by atoms with van der Waals surface area (Å²) in [4.78, 5) is 24.5. The fraction of sp³-hybridized carbons (Fsp3) is 0.125. The van der Waals surface area contributed by atoms with Crippen molar-refractivity contribution in [2.45, 2.75) is 13.8 Å². The van der Waals surface area contributed by atoms with Crippen molar-refractivity contribution in [1.82, 2.24) is 5.16 Å². The molecular formula is C24H20N2O4. The number of carbonyl (C=O) groups is 2. The molecule has 0 spiro atoms. The van der Waals surface area contributed by atoms with Crippen molar-refractivity contribution in [1.29, 1.82) is 0 Å². The Kier molecular flexibility index (Phi) is 5.30. The Balaban J connectivity index is 1.57. The van der Waals surface area contributed by atoms with Crippen molar-refractivity contribution in [2.24, 2.45) is 0 Å². The zero-order chi connectivity index (χ0) is 21.1. The maximum atomic E-state index is 12.7. The number of hydrogen-bond acceptors (Lipinski definition) is 5. The van der Waals surface area contributed by atoms with Gasteiger partial charge >= 0.3 is 5.97 Å². The molecule has 6 nitrogen and oxygen atoms in total. The number of amides is 1. The highest BCUT2D eigenvalue weighted by atomic mass is 16.5. The highest BCUT2D eigenvalue weighted by Gasteiger charge is 2.14. The molecule has 4 aromatic rings. The maximum absolute atomic E-state index is 12.7. The van der Waals surface area contributed by atoms with E-state index in [2.05, 4.69) is 10.5 Å². The SMILES string of the molecule is CCOC(=O)c1ccc(NC(=O)c2ccc3noc(-c4ccc(C)cc4)c3c2)cc1. The molecule has 0 saturated heterocycles. The van der Waals surface area contributed by atoms with E-state index in [1.54, 1.807) is 49.4 Å². The van der Waals surface area contributed by atoms with Crippen LogP contribution in [0.2, 0.25) is 0 Å². The number of benzene rings is 3. The van der Waals surface area contributed by atoms with E-state index in [0.29, 0.717) is 34.7 Å². The molecule has 1 aromatic heterocycles. The number of hydrogen-bond donors (Lipinski definition) is 1. The predicted molar refractivity (Wildman–Crippen MR) is 115 cm³/mol. The standard InChI is InChI=1S/C24H20N2O4/c1-3-29-24(28)17-8-11-19(12-9-17)25-23(27)18-10-13-21-20(14-18)22(30-26-21)16-6-4-15(2)5-7-16/h4-14H,3H2,1-2H3,(H,25,27). The molecule has 0 unspecified atom stereocenters. The molecule has 1 heterocycles. The van der Waals surface area contributed by atoms with Gasteiger partial charge in [0.15, 0.2) is 5.76 Å². The molecule has 1 amide bonds. The lowest BCUT2D eigenvalue weighted by atomic mass is 10.0. The Morgan fingerprint density at radius 2 is 1.67 bits per heavy atom. The minimum atomic E-state index is -0.392. The number of anilines is 1. The van der Waals surface area contributed by atoms with Gasteiger partial charge in [-0.1, -0.05) is 35.0 Å². The third-order valence-electron chi connectivity index (χ3n) is 4.71. The van der Waals surface area contributed by atoms with Gasteiger partial charge < -0.3 is 14.6 Å². The lowest BCUT2D eigenvalue weighted by molar-refractivity contribution is 0.0526. The Hall–Kier alpha value is -3.93. The normalized spacial score (nSPS) is 10.7. The van der Waals surface area contributed by atoms with Crippen LogP contribution in [0.15, 0.2) is 71.3 Å². The zero-order valence-electron chi connectivity index (χ0n) is 16.6. The average Bonchev–Trinajstić information content (AvgIpc) is 3.18. The predicted octanol–water partition coefficient (Wildman–Crippen LogP) is 5.23. The van der Waals surface area contributed by atoms with Gasteiger partial charge in [-0.3, -0.25) is 4.79 Å². The Morgan fingerprint density at radius 1 is 0.967 bits per heavy atom. The summed E-state index contributed by atoms with van der Waals surface area (Å²) in [7, 11) is 0. The lowest BCUT2D eigenvalue weighted by Crippen LogP contribution is -2.12. The number of esters is 1. The van der Waals surface area contributed by atoms with E-state index in [1.165, 1.54) is 0 Å². The number of aromatic nitrogens is 1. The second kappa shape index (κ2) is 8.21. The van der Waals surface area contributed by atoms with Crippen LogP contribution >= 0.6 is 0 Å². The summed E-state index contributed by atoms with van der Waals surface area (Å²) in [6, 6.07) is 19.7. The van der Waals surface area contributed by atoms with Crippen molar-refractivity contribution in [3.63, 3.8) is 0 Å². The number of fused-ring (bicyclic) bond motifs is 1. The van der Waals surface area contributed by atoms with Gasteiger partial charge in [0.25, 0.3) is 5.91 Å². The minimum absolute atomic E-state index is 0.267. The summed E-state index contributed by atoms with van der Waals surface area (Å²) in [6.07, 6.45) is 0. The van der Waals surface area contributed by atoms with Crippen LogP contribution in [-0.2, 0) is 4.74 Å². The van der Waals surface area contributed by atoms with Gasteiger partial charge in [-0.15, -0.1) is 0 Å². The number of rotatable bonds is 5. The summed E-state index contributed by atoms with van der Waals surface area (Å²) >= 11 is 0. The van der Waals surface area contributed by atoms with E-state index in [0.717, 1.165) is 16.5 Å². The van der Waals surface area contributed by atoms with Crippen molar-refractivity contribution in [3.8, 4) is 11.3 Å². The number of aryl methyl sites for hydroxylation is 1. The second-order valence-electron chi connectivity index (χ2n) is 6.86. The topological polar surface area (TPSA) is 81.4 Å². The largest absolute Gasteiger partial charge is 0.462 e. The summed E-state index contributed by atoms with van der Waals surface area (Å²) in [5, 5.41) is 7.70. The molecular weight excluding hydrogens is 380 g/mol. The van der Waals surface area contributed by atoms with Crippen molar-refractivity contribution >= 4 is 28.5 Å². The number of carbonyl (C=O) groups excluding carboxylic acids is 2. The fourth-order valence-corrected chi connectivity index (χ4v) is 3.10. The number of nitrogens with zero attached hydrogens (tertiary/aromatic N) is 1. The van der Waals surface area contributed by atoms with Crippen LogP contribution in [0.3, 0.4) is 0 Å². The zero-order valence-corrected chi connectivity index (χ0v) is 16.6. The van der Waals surface area contributed by atoms with Crippen LogP contribution in [-0.4, -0.2) is 23.6 Å². The molecule has 0 saturated carbocycles.